The van der Waals surface area contributed by atoms with E-state index in [1.54, 1.807) is 12.1 Å². The standard InChI is InChI=1S/C15H20ClNO2/c1-10(17(3)14-7-8-19-11(14)2)15(18)12-5-4-6-13(16)9-12/h4-6,9-11,14H,7-8H2,1-3H3. The fourth-order valence-corrected chi connectivity index (χ4v) is 2.80. The van der Waals surface area contributed by atoms with Gasteiger partial charge in [-0.05, 0) is 39.4 Å². The Kier molecular flexibility index (Phi) is 4.61. The van der Waals surface area contributed by atoms with Crippen molar-refractivity contribution in [2.45, 2.75) is 38.5 Å². The van der Waals surface area contributed by atoms with Gasteiger partial charge in [-0.15, -0.1) is 0 Å². The molecule has 0 N–H and O–H groups in total. The molecule has 0 amide bonds. The van der Waals surface area contributed by atoms with Gasteiger partial charge in [0.25, 0.3) is 0 Å². The fourth-order valence-electron chi connectivity index (χ4n) is 2.61. The van der Waals surface area contributed by atoms with Gasteiger partial charge in [0.05, 0.1) is 12.1 Å². The second kappa shape index (κ2) is 6.04. The number of benzene rings is 1. The molecule has 19 heavy (non-hydrogen) atoms. The van der Waals surface area contributed by atoms with Gasteiger partial charge < -0.3 is 4.74 Å². The first kappa shape index (κ1) is 14.5. The highest BCUT2D eigenvalue weighted by Gasteiger charge is 2.32. The molecule has 104 valence electrons. The lowest BCUT2D eigenvalue weighted by molar-refractivity contribution is 0.0605. The number of hydrogen-bond donors (Lipinski definition) is 0. The number of ketones is 1. The van der Waals surface area contributed by atoms with E-state index in [0.717, 1.165) is 13.0 Å². The molecule has 0 spiro atoms. The van der Waals surface area contributed by atoms with Gasteiger partial charge in [-0.2, -0.15) is 0 Å². The van der Waals surface area contributed by atoms with Crippen LogP contribution in [0, 0.1) is 0 Å². The summed E-state index contributed by atoms with van der Waals surface area (Å²) in [4.78, 5) is 14.6. The van der Waals surface area contributed by atoms with Gasteiger partial charge >= 0.3 is 0 Å². The van der Waals surface area contributed by atoms with E-state index in [9.17, 15) is 4.79 Å². The molecule has 0 aliphatic carbocycles. The summed E-state index contributed by atoms with van der Waals surface area (Å²) in [5, 5.41) is 0.596. The van der Waals surface area contributed by atoms with Gasteiger partial charge in [-0.25, -0.2) is 0 Å². The first-order chi connectivity index (χ1) is 9.00. The maximum atomic E-state index is 12.5. The Morgan fingerprint density at radius 1 is 1.53 bits per heavy atom. The first-order valence-electron chi connectivity index (χ1n) is 6.64. The largest absolute Gasteiger partial charge is 0.377 e. The van der Waals surface area contributed by atoms with Crippen LogP contribution in [0.15, 0.2) is 24.3 Å². The van der Waals surface area contributed by atoms with Crippen molar-refractivity contribution in [3.05, 3.63) is 34.9 Å². The summed E-state index contributed by atoms with van der Waals surface area (Å²) in [6, 6.07) is 7.25. The summed E-state index contributed by atoms with van der Waals surface area (Å²) in [7, 11) is 1.99. The molecule has 0 radical (unpaired) electrons. The predicted molar refractivity (Wildman–Crippen MR) is 76.8 cm³/mol. The number of Topliss-reactive ketones (excluding diaryl/α,β-unsaturated/α-hetero) is 1. The maximum absolute atomic E-state index is 12.5. The number of carbonyl (C=O) groups excluding carboxylic acids is 1. The predicted octanol–water partition coefficient (Wildman–Crippen LogP) is 3.02. The molecule has 1 aromatic carbocycles. The monoisotopic (exact) mass is 281 g/mol. The Hall–Kier alpha value is -0.900. The maximum Gasteiger partial charge on any atom is 0.179 e. The zero-order valence-corrected chi connectivity index (χ0v) is 12.4. The van der Waals surface area contributed by atoms with E-state index in [0.29, 0.717) is 16.6 Å². The van der Waals surface area contributed by atoms with Crippen molar-refractivity contribution < 1.29 is 9.53 Å². The quantitative estimate of drug-likeness (QED) is 0.795. The van der Waals surface area contributed by atoms with Crippen LogP contribution in [0.5, 0.6) is 0 Å². The number of rotatable bonds is 4. The molecule has 1 aliphatic rings. The molecule has 1 heterocycles. The molecule has 1 aromatic rings. The highest BCUT2D eigenvalue weighted by molar-refractivity contribution is 6.31. The molecule has 1 saturated heterocycles. The number of hydrogen-bond acceptors (Lipinski definition) is 3. The van der Waals surface area contributed by atoms with Crippen LogP contribution in [0.25, 0.3) is 0 Å². The van der Waals surface area contributed by atoms with E-state index in [-0.39, 0.29) is 17.9 Å². The summed E-state index contributed by atoms with van der Waals surface area (Å²) < 4.78 is 5.57. The molecule has 3 atom stereocenters. The van der Waals surface area contributed by atoms with E-state index in [4.69, 9.17) is 16.3 Å². The van der Waals surface area contributed by atoms with Crippen LogP contribution in [-0.2, 0) is 4.74 Å². The Morgan fingerprint density at radius 3 is 2.84 bits per heavy atom. The van der Waals surface area contributed by atoms with E-state index < -0.39 is 0 Å². The summed E-state index contributed by atoms with van der Waals surface area (Å²) in [5.41, 5.74) is 0.665. The molecule has 4 heteroatoms. The van der Waals surface area contributed by atoms with E-state index in [1.165, 1.54) is 0 Å². The number of halogens is 1. The SMILES string of the molecule is CC1OCCC1N(C)C(C)C(=O)c1cccc(Cl)c1. The molecular formula is C15H20ClNO2. The van der Waals surface area contributed by atoms with Crippen LogP contribution in [-0.4, -0.2) is 42.5 Å². The highest BCUT2D eigenvalue weighted by Crippen LogP contribution is 2.22. The van der Waals surface area contributed by atoms with Gasteiger partial charge in [0.2, 0.25) is 0 Å². The molecule has 1 aliphatic heterocycles. The fraction of sp³-hybridized carbons (Fsp3) is 0.533. The van der Waals surface area contributed by atoms with Crippen LogP contribution in [0.3, 0.4) is 0 Å². The molecular weight excluding hydrogens is 262 g/mol. The zero-order chi connectivity index (χ0) is 14.0. The lowest BCUT2D eigenvalue weighted by Gasteiger charge is -2.31. The summed E-state index contributed by atoms with van der Waals surface area (Å²) in [5.74, 6) is 0.101. The first-order valence-corrected chi connectivity index (χ1v) is 7.02. The summed E-state index contributed by atoms with van der Waals surface area (Å²) in [6.07, 6.45) is 1.16. The third-order valence-electron chi connectivity index (χ3n) is 3.96. The highest BCUT2D eigenvalue weighted by atomic mass is 35.5. The van der Waals surface area contributed by atoms with Crippen molar-refractivity contribution in [1.82, 2.24) is 4.90 Å². The second-order valence-electron chi connectivity index (χ2n) is 5.15. The van der Waals surface area contributed by atoms with Crippen molar-refractivity contribution in [2.75, 3.05) is 13.7 Å². The number of carbonyl (C=O) groups is 1. The number of likely N-dealkylation sites (N-methyl/N-ethyl adjacent to an activating group) is 1. The minimum Gasteiger partial charge on any atom is -0.377 e. The third-order valence-corrected chi connectivity index (χ3v) is 4.19. The van der Waals surface area contributed by atoms with Crippen LogP contribution < -0.4 is 0 Å². The average Bonchev–Trinajstić information content (AvgIpc) is 2.82. The van der Waals surface area contributed by atoms with Crippen LogP contribution in [0.4, 0.5) is 0 Å². The molecule has 0 aromatic heterocycles. The van der Waals surface area contributed by atoms with Gasteiger partial charge in [-0.3, -0.25) is 9.69 Å². The molecule has 2 rings (SSSR count). The Labute approximate surface area is 119 Å². The zero-order valence-electron chi connectivity index (χ0n) is 11.6. The van der Waals surface area contributed by atoms with E-state index >= 15 is 0 Å². The Morgan fingerprint density at radius 2 is 2.26 bits per heavy atom. The van der Waals surface area contributed by atoms with Crippen LogP contribution in [0.1, 0.15) is 30.6 Å². The third kappa shape index (κ3) is 3.16. The number of nitrogens with zero attached hydrogens (tertiary/aromatic N) is 1. The molecule has 3 unspecified atom stereocenters. The number of ether oxygens (including phenoxy) is 1. The van der Waals surface area contributed by atoms with Gasteiger partial charge in [0.1, 0.15) is 0 Å². The normalized spacial score (nSPS) is 24.7. The molecule has 0 bridgehead atoms. The van der Waals surface area contributed by atoms with Crippen LogP contribution in [0.2, 0.25) is 5.02 Å². The van der Waals surface area contributed by atoms with Crippen molar-refractivity contribution in [3.63, 3.8) is 0 Å². The molecule has 1 fully saturated rings. The van der Waals surface area contributed by atoms with Gasteiger partial charge in [0.15, 0.2) is 5.78 Å². The minimum absolute atomic E-state index is 0.101. The van der Waals surface area contributed by atoms with Crippen molar-refractivity contribution in [3.8, 4) is 0 Å². The van der Waals surface area contributed by atoms with E-state index in [1.807, 2.05) is 26.1 Å². The smallest absolute Gasteiger partial charge is 0.179 e. The summed E-state index contributed by atoms with van der Waals surface area (Å²) >= 11 is 5.94. The van der Waals surface area contributed by atoms with Crippen molar-refractivity contribution >= 4 is 17.4 Å². The molecule has 0 saturated carbocycles. The van der Waals surface area contributed by atoms with Crippen LogP contribution >= 0.6 is 11.6 Å². The topological polar surface area (TPSA) is 29.5 Å². The Balaban J connectivity index is 2.10. The molecule has 3 nitrogen and oxygen atoms in total. The summed E-state index contributed by atoms with van der Waals surface area (Å²) in [6.45, 7) is 4.77. The van der Waals surface area contributed by atoms with Gasteiger partial charge in [-0.1, -0.05) is 23.7 Å². The van der Waals surface area contributed by atoms with Crippen molar-refractivity contribution in [1.29, 1.82) is 0 Å². The lowest BCUT2D eigenvalue weighted by atomic mass is 10.0. The van der Waals surface area contributed by atoms with E-state index in [2.05, 4.69) is 11.8 Å². The van der Waals surface area contributed by atoms with Crippen molar-refractivity contribution in [2.24, 2.45) is 0 Å². The van der Waals surface area contributed by atoms with Gasteiger partial charge in [0, 0.05) is 23.2 Å². The Bertz CT molecular complexity index is 463. The second-order valence-corrected chi connectivity index (χ2v) is 5.58. The average molecular weight is 282 g/mol. The minimum atomic E-state index is -0.174. The lowest BCUT2D eigenvalue weighted by Crippen LogP contribution is -2.45.